The second-order valence-electron chi connectivity index (χ2n) is 5.90. The van der Waals surface area contributed by atoms with Crippen molar-refractivity contribution in [2.45, 2.75) is 24.5 Å². The number of aromatic nitrogens is 3. The molecule has 2 heterocycles. The van der Waals surface area contributed by atoms with Crippen molar-refractivity contribution < 1.29 is 4.79 Å². The van der Waals surface area contributed by atoms with E-state index in [0.29, 0.717) is 22.3 Å². The topological polar surface area (TPSA) is 83.6 Å². The molecule has 0 aliphatic heterocycles. The standard InChI is InChI=1S/C20H19N5OS2/c1-2-11-25-17(9-8-15-6-4-3-5-7-15)23-24-20(25)28-14-18(26)22-19-16(13-21)10-12-27-19/h2-7,10,12H,1,8-9,11,14H2,(H,22,26). The van der Waals surface area contributed by atoms with E-state index < -0.39 is 0 Å². The number of allylic oxidation sites excluding steroid dienone is 1. The van der Waals surface area contributed by atoms with E-state index in [0.717, 1.165) is 18.7 Å². The summed E-state index contributed by atoms with van der Waals surface area (Å²) in [7, 11) is 0. The van der Waals surface area contributed by atoms with Gasteiger partial charge in [-0.2, -0.15) is 5.26 Å². The summed E-state index contributed by atoms with van der Waals surface area (Å²) in [6, 6.07) is 14.0. The Morgan fingerprint density at radius 2 is 2.11 bits per heavy atom. The molecule has 0 spiro atoms. The van der Waals surface area contributed by atoms with E-state index >= 15 is 0 Å². The lowest BCUT2D eigenvalue weighted by Crippen LogP contribution is -2.14. The summed E-state index contributed by atoms with van der Waals surface area (Å²) < 4.78 is 1.99. The molecule has 2 aromatic heterocycles. The Kier molecular flexibility index (Phi) is 7.00. The molecule has 28 heavy (non-hydrogen) atoms. The summed E-state index contributed by atoms with van der Waals surface area (Å²) in [5.74, 6) is 0.885. The molecule has 3 rings (SSSR count). The lowest BCUT2D eigenvalue weighted by atomic mass is 10.1. The molecule has 8 heteroatoms. The van der Waals surface area contributed by atoms with Crippen LogP contribution < -0.4 is 5.32 Å². The van der Waals surface area contributed by atoms with Gasteiger partial charge in [0.2, 0.25) is 5.91 Å². The first-order valence-corrected chi connectivity index (χ1v) is 10.5. The summed E-state index contributed by atoms with van der Waals surface area (Å²) in [5, 5.41) is 23.4. The average molecular weight is 410 g/mol. The second-order valence-corrected chi connectivity index (χ2v) is 7.75. The quantitative estimate of drug-likeness (QED) is 0.428. The molecule has 0 atom stereocenters. The molecule has 1 N–H and O–H groups in total. The van der Waals surface area contributed by atoms with Gasteiger partial charge in [0, 0.05) is 13.0 Å². The third kappa shape index (κ3) is 5.09. The molecule has 0 aliphatic rings. The van der Waals surface area contributed by atoms with E-state index in [4.69, 9.17) is 5.26 Å². The third-order valence-corrected chi connectivity index (χ3v) is 5.75. The molecule has 0 bridgehead atoms. The summed E-state index contributed by atoms with van der Waals surface area (Å²) in [4.78, 5) is 12.2. The average Bonchev–Trinajstić information content (AvgIpc) is 3.32. The zero-order valence-electron chi connectivity index (χ0n) is 15.2. The van der Waals surface area contributed by atoms with E-state index in [1.54, 1.807) is 17.5 Å². The van der Waals surface area contributed by atoms with Gasteiger partial charge in [-0.3, -0.25) is 4.79 Å². The highest BCUT2D eigenvalue weighted by Crippen LogP contribution is 2.23. The molecule has 0 fully saturated rings. The van der Waals surface area contributed by atoms with Crippen molar-refractivity contribution in [3.8, 4) is 6.07 Å². The molecule has 1 aromatic carbocycles. The number of nitriles is 1. The molecule has 0 unspecified atom stereocenters. The fourth-order valence-corrected chi connectivity index (χ4v) is 4.13. The number of carbonyl (C=O) groups excluding carboxylic acids is 1. The number of benzene rings is 1. The van der Waals surface area contributed by atoms with Crippen molar-refractivity contribution >= 4 is 34.0 Å². The molecule has 1 amide bonds. The summed E-state index contributed by atoms with van der Waals surface area (Å²) in [5.41, 5.74) is 1.72. The van der Waals surface area contributed by atoms with Crippen LogP contribution in [0, 0.1) is 11.3 Å². The summed E-state index contributed by atoms with van der Waals surface area (Å²) in [6.07, 6.45) is 3.43. The first-order valence-electron chi connectivity index (χ1n) is 8.68. The molecule has 0 saturated carbocycles. The number of thiophene rings is 1. The lowest BCUT2D eigenvalue weighted by molar-refractivity contribution is -0.113. The largest absolute Gasteiger partial charge is 0.316 e. The van der Waals surface area contributed by atoms with Crippen molar-refractivity contribution in [2.75, 3.05) is 11.1 Å². The van der Waals surface area contributed by atoms with Gasteiger partial charge in [-0.25, -0.2) is 0 Å². The number of hydrogen-bond donors (Lipinski definition) is 1. The lowest BCUT2D eigenvalue weighted by Gasteiger charge is -2.08. The van der Waals surface area contributed by atoms with E-state index in [1.165, 1.54) is 28.7 Å². The zero-order chi connectivity index (χ0) is 19.8. The number of nitrogens with one attached hydrogen (secondary N) is 1. The van der Waals surface area contributed by atoms with Gasteiger partial charge in [-0.15, -0.1) is 28.1 Å². The Morgan fingerprint density at radius 1 is 1.29 bits per heavy atom. The monoisotopic (exact) mass is 409 g/mol. The summed E-state index contributed by atoms with van der Waals surface area (Å²) >= 11 is 2.66. The maximum atomic E-state index is 12.2. The Bertz CT molecular complexity index is 988. The predicted molar refractivity (Wildman–Crippen MR) is 112 cm³/mol. The Hall–Kier alpha value is -2.89. The van der Waals surface area contributed by atoms with Crippen LogP contribution in [0.5, 0.6) is 0 Å². The number of rotatable bonds is 9. The van der Waals surface area contributed by atoms with E-state index in [9.17, 15) is 4.79 Å². The molecule has 6 nitrogen and oxygen atoms in total. The molecular formula is C20H19N5OS2. The van der Waals surface area contributed by atoms with Crippen molar-refractivity contribution in [2.24, 2.45) is 0 Å². The SMILES string of the molecule is C=CCn1c(CCc2ccccc2)nnc1SCC(=O)Nc1sccc1C#N. The maximum absolute atomic E-state index is 12.2. The molecule has 0 aliphatic carbocycles. The normalized spacial score (nSPS) is 10.4. The molecular weight excluding hydrogens is 390 g/mol. The van der Waals surface area contributed by atoms with Crippen LogP contribution in [0.15, 0.2) is 59.6 Å². The molecule has 0 radical (unpaired) electrons. The van der Waals surface area contributed by atoms with Crippen molar-refractivity contribution in [3.05, 3.63) is 71.4 Å². The Labute approximate surface area is 171 Å². The van der Waals surface area contributed by atoms with Gasteiger partial charge in [-0.1, -0.05) is 48.2 Å². The highest BCUT2D eigenvalue weighted by Gasteiger charge is 2.14. The van der Waals surface area contributed by atoms with E-state index in [2.05, 4.69) is 40.3 Å². The Balaban J connectivity index is 1.61. The predicted octanol–water partition coefficient (Wildman–Crippen LogP) is 3.91. The van der Waals surface area contributed by atoms with Gasteiger partial charge < -0.3 is 9.88 Å². The van der Waals surface area contributed by atoms with Crippen molar-refractivity contribution in [3.63, 3.8) is 0 Å². The van der Waals surface area contributed by atoms with Crippen LogP contribution >= 0.6 is 23.1 Å². The highest BCUT2D eigenvalue weighted by atomic mass is 32.2. The zero-order valence-corrected chi connectivity index (χ0v) is 16.8. The minimum atomic E-state index is -0.178. The van der Waals surface area contributed by atoms with Crippen LogP contribution in [0.4, 0.5) is 5.00 Å². The van der Waals surface area contributed by atoms with Crippen molar-refractivity contribution in [1.82, 2.24) is 14.8 Å². The van der Waals surface area contributed by atoms with E-state index in [-0.39, 0.29) is 11.7 Å². The smallest absolute Gasteiger partial charge is 0.235 e. The maximum Gasteiger partial charge on any atom is 0.235 e. The van der Waals surface area contributed by atoms with Gasteiger partial charge in [0.15, 0.2) is 5.16 Å². The first kappa shape index (κ1) is 19.9. The van der Waals surface area contributed by atoms with Gasteiger partial charge in [0.05, 0.1) is 11.3 Å². The second kappa shape index (κ2) is 9.88. The number of nitrogens with zero attached hydrogens (tertiary/aromatic N) is 4. The Morgan fingerprint density at radius 3 is 2.86 bits per heavy atom. The number of anilines is 1. The first-order chi connectivity index (χ1) is 13.7. The number of carbonyl (C=O) groups is 1. The third-order valence-electron chi connectivity index (χ3n) is 3.96. The number of thioether (sulfide) groups is 1. The fraction of sp³-hybridized carbons (Fsp3) is 0.200. The highest BCUT2D eigenvalue weighted by molar-refractivity contribution is 7.99. The van der Waals surface area contributed by atoms with Gasteiger partial charge in [0.25, 0.3) is 0 Å². The van der Waals surface area contributed by atoms with E-state index in [1.807, 2.05) is 22.8 Å². The number of amides is 1. The van der Waals surface area contributed by atoms with Gasteiger partial charge >= 0.3 is 0 Å². The summed E-state index contributed by atoms with van der Waals surface area (Å²) in [6.45, 7) is 4.39. The van der Waals surface area contributed by atoms with Gasteiger partial charge in [-0.05, 0) is 23.4 Å². The fourth-order valence-electron chi connectivity index (χ4n) is 2.61. The van der Waals surface area contributed by atoms with Crippen LogP contribution in [0.25, 0.3) is 0 Å². The molecule has 142 valence electrons. The van der Waals surface area contributed by atoms with Crippen LogP contribution in [0.3, 0.4) is 0 Å². The minimum Gasteiger partial charge on any atom is -0.316 e. The van der Waals surface area contributed by atoms with Crippen molar-refractivity contribution in [1.29, 1.82) is 5.26 Å². The number of aryl methyl sites for hydroxylation is 2. The van der Waals surface area contributed by atoms with Crippen LogP contribution in [0.2, 0.25) is 0 Å². The molecule has 0 saturated heterocycles. The molecule has 3 aromatic rings. The van der Waals surface area contributed by atoms with Gasteiger partial charge in [0.1, 0.15) is 16.9 Å². The van der Waals surface area contributed by atoms with Crippen LogP contribution in [-0.2, 0) is 24.2 Å². The minimum absolute atomic E-state index is 0.178. The van der Waals surface area contributed by atoms with Crippen LogP contribution in [0.1, 0.15) is 17.0 Å². The number of hydrogen-bond acceptors (Lipinski definition) is 6. The van der Waals surface area contributed by atoms with Crippen LogP contribution in [-0.4, -0.2) is 26.4 Å².